The van der Waals surface area contributed by atoms with Crippen LogP contribution in [-0.4, -0.2) is 28.2 Å². The van der Waals surface area contributed by atoms with Crippen LogP contribution in [0.3, 0.4) is 0 Å². The van der Waals surface area contributed by atoms with Crippen LogP contribution in [0.1, 0.15) is 24.5 Å². The number of hydrogen-bond donors (Lipinski definition) is 4. The van der Waals surface area contributed by atoms with Crippen molar-refractivity contribution in [1.82, 2.24) is 15.3 Å². The molecule has 1 aliphatic rings. The molecule has 0 radical (unpaired) electrons. The molecule has 1 fully saturated rings. The van der Waals surface area contributed by atoms with E-state index in [9.17, 15) is 14.7 Å². The molecule has 1 aromatic carbocycles. The average molecular weight is 275 g/mol. The highest BCUT2D eigenvalue weighted by Gasteiger charge is 2.23. The molecular weight excluding hydrogens is 258 g/mol. The number of nitrogens with one attached hydrogen (secondary N) is 3. The first-order valence-corrected chi connectivity index (χ1v) is 6.80. The molecule has 1 aromatic heterocycles. The molecule has 0 spiro atoms. The van der Waals surface area contributed by atoms with Crippen molar-refractivity contribution >= 4 is 11.0 Å². The van der Waals surface area contributed by atoms with Crippen molar-refractivity contribution in [2.75, 3.05) is 13.1 Å². The lowest BCUT2D eigenvalue weighted by molar-refractivity contribution is 0.0923. The van der Waals surface area contributed by atoms with E-state index in [4.69, 9.17) is 0 Å². The molecular formula is C14H17N3O3. The van der Waals surface area contributed by atoms with E-state index in [1.807, 2.05) is 0 Å². The van der Waals surface area contributed by atoms with Crippen LogP contribution in [0.25, 0.3) is 11.0 Å². The Bertz CT molecular complexity index is 728. The standard InChI is InChI=1S/C14H17N3O3/c18-12(9-2-1-5-15-7-9)8-3-4-10-11(6-8)17-14(20)13(19)16-10/h3-4,6,9,12,15,18H,1-2,5,7H2,(H,16,19)(H,17,20). The fourth-order valence-corrected chi connectivity index (χ4v) is 2.74. The van der Waals surface area contributed by atoms with Crippen LogP contribution in [0.4, 0.5) is 0 Å². The number of aliphatic hydroxyl groups is 1. The van der Waals surface area contributed by atoms with Crippen molar-refractivity contribution in [1.29, 1.82) is 0 Å². The maximum atomic E-state index is 11.3. The van der Waals surface area contributed by atoms with Crippen LogP contribution in [0.15, 0.2) is 27.8 Å². The van der Waals surface area contributed by atoms with E-state index in [0.29, 0.717) is 11.0 Å². The first-order valence-electron chi connectivity index (χ1n) is 6.80. The third kappa shape index (κ3) is 2.39. The van der Waals surface area contributed by atoms with Gasteiger partial charge in [0.1, 0.15) is 0 Å². The number of aromatic nitrogens is 2. The van der Waals surface area contributed by atoms with Gasteiger partial charge in [-0.1, -0.05) is 6.07 Å². The molecule has 3 rings (SSSR count). The Hall–Kier alpha value is -1.92. The number of hydrogen-bond acceptors (Lipinski definition) is 4. The molecule has 0 bridgehead atoms. The lowest BCUT2D eigenvalue weighted by atomic mass is 9.89. The minimum Gasteiger partial charge on any atom is -0.388 e. The zero-order valence-electron chi connectivity index (χ0n) is 11.0. The van der Waals surface area contributed by atoms with E-state index in [0.717, 1.165) is 31.5 Å². The third-order valence-corrected chi connectivity index (χ3v) is 3.87. The molecule has 0 saturated carbocycles. The first-order chi connectivity index (χ1) is 9.65. The lowest BCUT2D eigenvalue weighted by Crippen LogP contribution is -2.33. The highest BCUT2D eigenvalue weighted by atomic mass is 16.3. The Morgan fingerprint density at radius 3 is 2.60 bits per heavy atom. The minimum atomic E-state index is -0.677. The van der Waals surface area contributed by atoms with Gasteiger partial charge in [0.15, 0.2) is 0 Å². The van der Waals surface area contributed by atoms with Crippen molar-refractivity contribution in [3.63, 3.8) is 0 Å². The summed E-state index contributed by atoms with van der Waals surface area (Å²) in [5.41, 5.74) is 0.516. The molecule has 0 amide bonds. The maximum absolute atomic E-state index is 11.3. The molecule has 2 aromatic rings. The SMILES string of the molecule is O=c1[nH]c2ccc(C(O)C3CCCNC3)cc2[nH]c1=O. The molecule has 6 nitrogen and oxygen atoms in total. The number of fused-ring (bicyclic) bond motifs is 1. The summed E-state index contributed by atoms with van der Waals surface area (Å²) in [6.07, 6.45) is 1.47. The van der Waals surface area contributed by atoms with Crippen LogP contribution in [0.2, 0.25) is 0 Å². The van der Waals surface area contributed by atoms with E-state index >= 15 is 0 Å². The Morgan fingerprint density at radius 1 is 1.15 bits per heavy atom. The highest BCUT2D eigenvalue weighted by Crippen LogP contribution is 2.28. The molecule has 20 heavy (non-hydrogen) atoms. The first kappa shape index (κ1) is 13.1. The molecule has 1 saturated heterocycles. The monoisotopic (exact) mass is 275 g/mol. The van der Waals surface area contributed by atoms with Crippen molar-refractivity contribution in [3.05, 3.63) is 44.5 Å². The molecule has 1 aliphatic heterocycles. The summed E-state index contributed by atoms with van der Waals surface area (Å²) in [5, 5.41) is 13.7. The summed E-state index contributed by atoms with van der Waals surface area (Å²) in [6.45, 7) is 1.79. The largest absolute Gasteiger partial charge is 0.388 e. The lowest BCUT2D eigenvalue weighted by Gasteiger charge is -2.27. The molecule has 2 heterocycles. The Labute approximate surface area is 114 Å². The number of rotatable bonds is 2. The summed E-state index contributed by atoms with van der Waals surface area (Å²) >= 11 is 0. The van der Waals surface area contributed by atoms with Gasteiger partial charge in [0.05, 0.1) is 17.1 Å². The molecule has 106 valence electrons. The van der Waals surface area contributed by atoms with Gasteiger partial charge >= 0.3 is 11.1 Å². The molecule has 2 unspecified atom stereocenters. The second-order valence-corrected chi connectivity index (χ2v) is 5.26. The number of piperidine rings is 1. The van der Waals surface area contributed by atoms with E-state index in [-0.39, 0.29) is 5.92 Å². The van der Waals surface area contributed by atoms with Gasteiger partial charge in [-0.05, 0) is 37.1 Å². The van der Waals surface area contributed by atoms with Gasteiger partial charge in [0, 0.05) is 12.5 Å². The van der Waals surface area contributed by atoms with Crippen molar-refractivity contribution < 1.29 is 5.11 Å². The topological polar surface area (TPSA) is 98.0 Å². The quantitative estimate of drug-likeness (QED) is 0.590. The average Bonchev–Trinajstić information content (AvgIpc) is 2.48. The maximum Gasteiger partial charge on any atom is 0.314 e. The Morgan fingerprint density at radius 2 is 1.90 bits per heavy atom. The van der Waals surface area contributed by atoms with Crippen LogP contribution in [0.5, 0.6) is 0 Å². The number of benzene rings is 1. The molecule has 2 atom stereocenters. The van der Waals surface area contributed by atoms with Crippen LogP contribution >= 0.6 is 0 Å². The summed E-state index contributed by atoms with van der Waals surface area (Å²) in [6, 6.07) is 5.23. The van der Waals surface area contributed by atoms with E-state index in [2.05, 4.69) is 15.3 Å². The molecule has 4 N–H and O–H groups in total. The highest BCUT2D eigenvalue weighted by molar-refractivity contribution is 5.74. The third-order valence-electron chi connectivity index (χ3n) is 3.87. The van der Waals surface area contributed by atoms with Gasteiger partial charge in [0.25, 0.3) is 0 Å². The van der Waals surface area contributed by atoms with Gasteiger partial charge in [-0.2, -0.15) is 0 Å². The zero-order chi connectivity index (χ0) is 14.1. The molecule has 0 aliphatic carbocycles. The Balaban J connectivity index is 1.97. The fraction of sp³-hybridized carbons (Fsp3) is 0.429. The van der Waals surface area contributed by atoms with Crippen LogP contribution in [-0.2, 0) is 0 Å². The summed E-state index contributed by atoms with van der Waals surface area (Å²) in [4.78, 5) is 27.6. The van der Waals surface area contributed by atoms with Gasteiger partial charge in [0.2, 0.25) is 0 Å². The number of H-pyrrole nitrogens is 2. The van der Waals surface area contributed by atoms with Gasteiger partial charge in [-0.15, -0.1) is 0 Å². The summed E-state index contributed by atoms with van der Waals surface area (Å²) in [5.74, 6) is 0.177. The van der Waals surface area contributed by atoms with Crippen molar-refractivity contribution in [2.45, 2.75) is 18.9 Å². The predicted molar refractivity (Wildman–Crippen MR) is 75.7 cm³/mol. The van der Waals surface area contributed by atoms with Gasteiger partial charge in [-0.3, -0.25) is 9.59 Å². The van der Waals surface area contributed by atoms with Crippen LogP contribution < -0.4 is 16.4 Å². The van der Waals surface area contributed by atoms with Gasteiger partial charge < -0.3 is 20.4 Å². The normalized spacial score (nSPS) is 20.9. The fourth-order valence-electron chi connectivity index (χ4n) is 2.74. The van der Waals surface area contributed by atoms with E-state index < -0.39 is 17.2 Å². The smallest absolute Gasteiger partial charge is 0.314 e. The van der Waals surface area contributed by atoms with Crippen molar-refractivity contribution in [3.8, 4) is 0 Å². The van der Waals surface area contributed by atoms with E-state index in [1.54, 1.807) is 18.2 Å². The van der Waals surface area contributed by atoms with Gasteiger partial charge in [-0.25, -0.2) is 0 Å². The summed E-state index contributed by atoms with van der Waals surface area (Å²) in [7, 11) is 0. The zero-order valence-corrected chi connectivity index (χ0v) is 11.0. The molecule has 6 heteroatoms. The van der Waals surface area contributed by atoms with E-state index in [1.165, 1.54) is 0 Å². The van der Waals surface area contributed by atoms with Crippen LogP contribution in [0, 0.1) is 5.92 Å². The minimum absolute atomic E-state index is 0.177. The van der Waals surface area contributed by atoms with Crippen molar-refractivity contribution in [2.24, 2.45) is 5.92 Å². The second-order valence-electron chi connectivity index (χ2n) is 5.26. The Kier molecular flexibility index (Phi) is 3.42. The predicted octanol–water partition coefficient (Wildman–Crippen LogP) is 0.249. The number of aliphatic hydroxyl groups excluding tert-OH is 1. The number of aromatic amines is 2. The second kappa shape index (κ2) is 5.22. The summed E-state index contributed by atoms with van der Waals surface area (Å²) < 4.78 is 0.